The van der Waals surface area contributed by atoms with Gasteiger partial charge < -0.3 is 11.1 Å². The Morgan fingerprint density at radius 3 is 2.38 bits per heavy atom. The first-order valence-corrected chi connectivity index (χ1v) is 6.36. The van der Waals surface area contributed by atoms with Crippen LogP contribution in [0.15, 0.2) is 18.2 Å². The van der Waals surface area contributed by atoms with E-state index >= 15 is 0 Å². The average molecular weight is 325 g/mol. The van der Waals surface area contributed by atoms with Gasteiger partial charge in [-0.15, -0.1) is 12.4 Å². The number of rotatable bonds is 4. The van der Waals surface area contributed by atoms with Crippen molar-refractivity contribution in [3.8, 4) is 0 Å². The summed E-state index contributed by atoms with van der Waals surface area (Å²) in [6.45, 7) is 4.81. The van der Waals surface area contributed by atoms with Gasteiger partial charge >= 0.3 is 6.18 Å². The lowest BCUT2D eigenvalue weighted by Crippen LogP contribution is -2.48. The van der Waals surface area contributed by atoms with Crippen LogP contribution in [-0.4, -0.2) is 11.4 Å². The lowest BCUT2D eigenvalue weighted by Gasteiger charge is -2.23. The quantitative estimate of drug-likeness (QED) is 0.882. The number of halogens is 4. The number of nitrogens with one attached hydrogen (secondary N) is 1. The van der Waals surface area contributed by atoms with Gasteiger partial charge in [0.1, 0.15) is 0 Å². The van der Waals surface area contributed by atoms with Gasteiger partial charge in [-0.1, -0.05) is 19.4 Å². The molecule has 0 aliphatic heterocycles. The number of carbonyl (C=O) groups excluding carboxylic acids is 1. The van der Waals surface area contributed by atoms with Crippen molar-refractivity contribution in [1.82, 2.24) is 0 Å². The highest BCUT2D eigenvalue weighted by atomic mass is 35.5. The maximum atomic E-state index is 12.8. The number of hydrogen-bond donors (Lipinski definition) is 2. The normalized spacial score (nSPS) is 14.0. The molecule has 0 saturated carbocycles. The standard InChI is InChI=1S/C14H19F3N2O.ClH/c1-4-7-13(3,18)12(20)19-10-6-5-9(2)11(8-10)14(15,16)17;/h5-6,8H,4,7,18H2,1-3H3,(H,19,20);1H. The van der Waals surface area contributed by atoms with E-state index in [1.807, 2.05) is 6.92 Å². The second-order valence-electron chi connectivity index (χ2n) is 5.15. The van der Waals surface area contributed by atoms with Gasteiger partial charge in [0, 0.05) is 5.69 Å². The molecule has 7 heteroatoms. The minimum absolute atomic E-state index is 0. The Balaban J connectivity index is 0.00000400. The van der Waals surface area contributed by atoms with Gasteiger partial charge in [-0.25, -0.2) is 0 Å². The van der Waals surface area contributed by atoms with Crippen LogP contribution in [0.1, 0.15) is 37.8 Å². The fourth-order valence-corrected chi connectivity index (χ4v) is 1.91. The van der Waals surface area contributed by atoms with Crippen molar-refractivity contribution in [2.24, 2.45) is 5.73 Å². The third-order valence-corrected chi connectivity index (χ3v) is 3.09. The van der Waals surface area contributed by atoms with Crippen molar-refractivity contribution in [3.05, 3.63) is 29.3 Å². The summed E-state index contributed by atoms with van der Waals surface area (Å²) >= 11 is 0. The zero-order valence-electron chi connectivity index (χ0n) is 12.2. The SMILES string of the molecule is CCCC(C)(N)C(=O)Nc1ccc(C)c(C(F)(F)F)c1.Cl. The molecule has 21 heavy (non-hydrogen) atoms. The van der Waals surface area contributed by atoms with Crippen LogP contribution in [0.25, 0.3) is 0 Å². The van der Waals surface area contributed by atoms with Crippen molar-refractivity contribution in [3.63, 3.8) is 0 Å². The van der Waals surface area contributed by atoms with E-state index in [1.165, 1.54) is 19.1 Å². The van der Waals surface area contributed by atoms with Gasteiger partial charge in [-0.3, -0.25) is 4.79 Å². The van der Waals surface area contributed by atoms with E-state index in [2.05, 4.69) is 5.32 Å². The molecule has 120 valence electrons. The second-order valence-corrected chi connectivity index (χ2v) is 5.15. The molecule has 1 unspecified atom stereocenters. The number of benzene rings is 1. The summed E-state index contributed by atoms with van der Waals surface area (Å²) in [6.07, 6.45) is -3.28. The molecule has 0 aliphatic rings. The van der Waals surface area contributed by atoms with Crippen LogP contribution in [0.4, 0.5) is 18.9 Å². The Kier molecular flexibility index (Phi) is 6.70. The smallest absolute Gasteiger partial charge is 0.324 e. The molecule has 1 aromatic carbocycles. The minimum atomic E-state index is -4.44. The molecule has 0 radical (unpaired) electrons. The van der Waals surface area contributed by atoms with Gasteiger partial charge in [0.2, 0.25) is 5.91 Å². The van der Waals surface area contributed by atoms with Gasteiger partial charge in [0.05, 0.1) is 11.1 Å². The lowest BCUT2D eigenvalue weighted by atomic mass is 9.96. The first-order chi connectivity index (χ1) is 9.08. The van der Waals surface area contributed by atoms with E-state index < -0.39 is 23.2 Å². The molecule has 0 aromatic heterocycles. The third kappa shape index (κ3) is 5.21. The number of hydrogen-bond acceptors (Lipinski definition) is 2. The van der Waals surface area contributed by atoms with Gasteiger partial charge in [0.15, 0.2) is 0 Å². The second kappa shape index (κ2) is 7.13. The molecule has 0 aliphatic carbocycles. The monoisotopic (exact) mass is 324 g/mol. The molecule has 0 saturated heterocycles. The van der Waals surface area contributed by atoms with E-state index in [9.17, 15) is 18.0 Å². The highest BCUT2D eigenvalue weighted by Gasteiger charge is 2.33. The highest BCUT2D eigenvalue weighted by molar-refractivity contribution is 5.97. The van der Waals surface area contributed by atoms with Crippen LogP contribution in [0.3, 0.4) is 0 Å². The molecular weight excluding hydrogens is 305 g/mol. The molecular formula is C14H20ClF3N2O. The van der Waals surface area contributed by atoms with E-state index in [1.54, 1.807) is 6.92 Å². The summed E-state index contributed by atoms with van der Waals surface area (Å²) in [4.78, 5) is 12.0. The van der Waals surface area contributed by atoms with Crippen LogP contribution in [0.5, 0.6) is 0 Å². The van der Waals surface area contributed by atoms with Crippen LogP contribution in [0, 0.1) is 6.92 Å². The van der Waals surface area contributed by atoms with Crippen molar-refractivity contribution >= 4 is 24.0 Å². The number of alkyl halides is 3. The maximum absolute atomic E-state index is 12.8. The predicted octanol–water partition coefficient (Wildman–Crippen LogP) is 3.89. The molecule has 0 bridgehead atoms. The fourth-order valence-electron chi connectivity index (χ4n) is 1.91. The van der Waals surface area contributed by atoms with E-state index in [0.717, 1.165) is 6.07 Å². The fraction of sp³-hybridized carbons (Fsp3) is 0.500. The summed E-state index contributed by atoms with van der Waals surface area (Å²) in [6, 6.07) is 3.69. The zero-order chi connectivity index (χ0) is 15.6. The number of nitrogens with two attached hydrogens (primary N) is 1. The van der Waals surface area contributed by atoms with E-state index in [4.69, 9.17) is 5.73 Å². The number of carbonyl (C=O) groups is 1. The van der Waals surface area contributed by atoms with E-state index in [0.29, 0.717) is 12.8 Å². The third-order valence-electron chi connectivity index (χ3n) is 3.09. The Hall–Kier alpha value is -1.27. The molecule has 0 fully saturated rings. The number of aryl methyl sites for hydroxylation is 1. The zero-order valence-corrected chi connectivity index (χ0v) is 13.0. The maximum Gasteiger partial charge on any atom is 0.416 e. The van der Waals surface area contributed by atoms with E-state index in [-0.39, 0.29) is 23.7 Å². The Morgan fingerprint density at radius 1 is 1.33 bits per heavy atom. The lowest BCUT2D eigenvalue weighted by molar-refractivity contribution is -0.138. The predicted molar refractivity (Wildman–Crippen MR) is 79.6 cm³/mol. The molecule has 3 nitrogen and oxygen atoms in total. The summed E-state index contributed by atoms with van der Waals surface area (Å²) in [7, 11) is 0. The molecule has 0 spiro atoms. The molecule has 1 amide bonds. The van der Waals surface area contributed by atoms with Crippen LogP contribution < -0.4 is 11.1 Å². The number of amides is 1. The first-order valence-electron chi connectivity index (χ1n) is 6.36. The van der Waals surface area contributed by atoms with Gasteiger partial charge in [-0.2, -0.15) is 13.2 Å². The molecule has 0 heterocycles. The Labute approximate surface area is 128 Å². The summed E-state index contributed by atoms with van der Waals surface area (Å²) < 4.78 is 38.4. The number of anilines is 1. The highest BCUT2D eigenvalue weighted by Crippen LogP contribution is 2.33. The summed E-state index contributed by atoms with van der Waals surface area (Å²) in [5.74, 6) is -0.490. The van der Waals surface area contributed by atoms with Crippen molar-refractivity contribution in [1.29, 1.82) is 0 Å². The molecule has 3 N–H and O–H groups in total. The van der Waals surface area contributed by atoms with Crippen LogP contribution in [0.2, 0.25) is 0 Å². The van der Waals surface area contributed by atoms with Crippen LogP contribution in [-0.2, 0) is 11.0 Å². The largest absolute Gasteiger partial charge is 0.416 e. The molecule has 1 atom stereocenters. The van der Waals surface area contributed by atoms with Gasteiger partial charge in [0.25, 0.3) is 0 Å². The van der Waals surface area contributed by atoms with Crippen molar-refractivity contribution < 1.29 is 18.0 Å². The Morgan fingerprint density at radius 2 is 1.90 bits per heavy atom. The average Bonchev–Trinajstić information content (AvgIpc) is 2.30. The molecule has 1 aromatic rings. The summed E-state index contributed by atoms with van der Waals surface area (Å²) in [5.41, 5.74) is 4.19. The van der Waals surface area contributed by atoms with Gasteiger partial charge in [-0.05, 0) is 38.0 Å². The van der Waals surface area contributed by atoms with Crippen molar-refractivity contribution in [2.45, 2.75) is 45.3 Å². The van der Waals surface area contributed by atoms with Crippen molar-refractivity contribution in [2.75, 3.05) is 5.32 Å². The first kappa shape index (κ1) is 19.7. The minimum Gasteiger partial charge on any atom is -0.324 e. The summed E-state index contributed by atoms with van der Waals surface area (Å²) in [5, 5.41) is 2.44. The topological polar surface area (TPSA) is 55.1 Å². The Bertz CT molecular complexity index is 501. The molecule has 1 rings (SSSR count). The van der Waals surface area contributed by atoms with Crippen LogP contribution >= 0.6 is 12.4 Å².